The molecule has 0 amide bonds. The van der Waals surface area contributed by atoms with E-state index < -0.39 is 6.29 Å². The Hall–Kier alpha value is -0.120. The van der Waals surface area contributed by atoms with Crippen LogP contribution in [0.3, 0.4) is 0 Å². The van der Waals surface area contributed by atoms with Crippen molar-refractivity contribution in [3.05, 3.63) is 0 Å². The van der Waals surface area contributed by atoms with Crippen molar-refractivity contribution < 1.29 is 10.2 Å². The Morgan fingerprint density at radius 1 is 1.09 bits per heavy atom. The van der Waals surface area contributed by atoms with Crippen molar-refractivity contribution in [1.82, 2.24) is 4.90 Å². The number of nitrogens with zero attached hydrogens (tertiary/aromatic N) is 1. The lowest BCUT2D eigenvalue weighted by Gasteiger charge is -2.29. The minimum Gasteiger partial charge on any atom is -0.367 e. The van der Waals surface area contributed by atoms with Crippen molar-refractivity contribution in [1.29, 1.82) is 0 Å². The molecule has 0 spiro atoms. The Balaban J connectivity index is 3.98. The van der Waals surface area contributed by atoms with Crippen LogP contribution in [0.15, 0.2) is 0 Å². The van der Waals surface area contributed by atoms with Crippen LogP contribution in [0.4, 0.5) is 0 Å². The summed E-state index contributed by atoms with van der Waals surface area (Å²) in [4.78, 5) is 2.05. The molecular formula is C8H19NO2. The first-order valence-corrected chi connectivity index (χ1v) is 4.27. The third-order valence-electron chi connectivity index (χ3n) is 2.04. The fourth-order valence-corrected chi connectivity index (χ4v) is 1.35. The fourth-order valence-electron chi connectivity index (χ4n) is 1.35. The van der Waals surface area contributed by atoms with Gasteiger partial charge in [0.2, 0.25) is 0 Å². The van der Waals surface area contributed by atoms with E-state index in [0.717, 1.165) is 19.5 Å². The summed E-state index contributed by atoms with van der Waals surface area (Å²) in [6, 6.07) is -0.106. The van der Waals surface area contributed by atoms with Gasteiger partial charge >= 0.3 is 0 Å². The van der Waals surface area contributed by atoms with Crippen LogP contribution >= 0.6 is 0 Å². The lowest BCUT2D eigenvalue weighted by Crippen LogP contribution is -2.42. The minimum atomic E-state index is -1.21. The number of likely N-dealkylation sites (N-methyl/N-ethyl adjacent to an activating group) is 1. The summed E-state index contributed by atoms with van der Waals surface area (Å²) in [5, 5.41) is 17.9. The first-order chi connectivity index (χ1) is 5.17. The normalized spacial score (nSPS) is 14.5. The second-order valence-corrected chi connectivity index (χ2v) is 2.61. The minimum absolute atomic E-state index is 0.106. The van der Waals surface area contributed by atoms with Gasteiger partial charge in [-0.2, -0.15) is 0 Å². The lowest BCUT2D eigenvalue weighted by atomic mass is 10.2. The highest BCUT2D eigenvalue weighted by Crippen LogP contribution is 2.06. The van der Waals surface area contributed by atoms with Gasteiger partial charge in [0.25, 0.3) is 0 Å². The van der Waals surface area contributed by atoms with E-state index in [1.807, 2.05) is 25.7 Å². The molecule has 2 N–H and O–H groups in total. The van der Waals surface area contributed by atoms with Crippen LogP contribution in [-0.4, -0.2) is 40.5 Å². The largest absolute Gasteiger partial charge is 0.367 e. The van der Waals surface area contributed by atoms with Crippen molar-refractivity contribution in [3.63, 3.8) is 0 Å². The molecule has 1 atom stereocenters. The first-order valence-electron chi connectivity index (χ1n) is 4.27. The quantitative estimate of drug-likeness (QED) is 0.574. The van der Waals surface area contributed by atoms with E-state index in [0.29, 0.717) is 0 Å². The molecule has 0 saturated heterocycles. The summed E-state index contributed by atoms with van der Waals surface area (Å²) in [6.07, 6.45) is -0.431. The molecule has 0 aromatic heterocycles. The average molecular weight is 161 g/mol. The molecule has 0 rings (SSSR count). The third-order valence-corrected chi connectivity index (χ3v) is 2.04. The summed E-state index contributed by atoms with van der Waals surface area (Å²) < 4.78 is 0. The average Bonchev–Trinajstić information content (AvgIpc) is 1.99. The fraction of sp³-hybridized carbons (Fsp3) is 1.00. The second kappa shape index (κ2) is 5.52. The van der Waals surface area contributed by atoms with Gasteiger partial charge < -0.3 is 10.2 Å². The van der Waals surface area contributed by atoms with E-state index in [9.17, 15) is 0 Å². The third kappa shape index (κ3) is 3.18. The molecule has 0 fully saturated rings. The van der Waals surface area contributed by atoms with E-state index in [-0.39, 0.29) is 6.04 Å². The Bertz CT molecular complexity index is 92.1. The van der Waals surface area contributed by atoms with Crippen LogP contribution in [0.1, 0.15) is 27.2 Å². The maximum absolute atomic E-state index is 8.96. The van der Waals surface area contributed by atoms with E-state index in [1.54, 1.807) is 0 Å². The molecule has 3 nitrogen and oxygen atoms in total. The summed E-state index contributed by atoms with van der Waals surface area (Å²) >= 11 is 0. The number of hydrogen-bond acceptors (Lipinski definition) is 3. The zero-order chi connectivity index (χ0) is 8.85. The summed E-state index contributed by atoms with van der Waals surface area (Å²) in [5.41, 5.74) is 0. The number of rotatable bonds is 5. The number of aliphatic hydroxyl groups is 2. The highest BCUT2D eigenvalue weighted by molar-refractivity contribution is 4.69. The topological polar surface area (TPSA) is 43.7 Å². The van der Waals surface area contributed by atoms with E-state index >= 15 is 0 Å². The standard InChI is InChI=1S/C8H19NO2/c1-4-7(8(10)11)9(5-2)6-3/h7-8,10-11H,4-6H2,1-3H3. The molecule has 0 aliphatic carbocycles. The van der Waals surface area contributed by atoms with Gasteiger partial charge in [-0.15, -0.1) is 0 Å². The van der Waals surface area contributed by atoms with E-state index in [4.69, 9.17) is 10.2 Å². The summed E-state index contributed by atoms with van der Waals surface area (Å²) in [6.45, 7) is 7.74. The summed E-state index contributed by atoms with van der Waals surface area (Å²) in [5.74, 6) is 0. The molecular weight excluding hydrogens is 142 g/mol. The monoisotopic (exact) mass is 161 g/mol. The molecule has 11 heavy (non-hydrogen) atoms. The van der Waals surface area contributed by atoms with Crippen molar-refractivity contribution >= 4 is 0 Å². The van der Waals surface area contributed by atoms with Gasteiger partial charge in [0.15, 0.2) is 6.29 Å². The smallest absolute Gasteiger partial charge is 0.167 e. The van der Waals surface area contributed by atoms with Gasteiger partial charge in [0, 0.05) is 0 Å². The number of aliphatic hydroxyl groups excluding tert-OH is 1. The van der Waals surface area contributed by atoms with E-state index in [1.165, 1.54) is 0 Å². The predicted octanol–water partition coefficient (Wildman–Crippen LogP) is 0.417. The van der Waals surface area contributed by atoms with Crippen LogP contribution < -0.4 is 0 Å². The molecule has 68 valence electrons. The molecule has 0 radical (unpaired) electrons. The summed E-state index contributed by atoms with van der Waals surface area (Å²) in [7, 11) is 0. The Labute approximate surface area is 68.6 Å². The van der Waals surface area contributed by atoms with Crippen molar-refractivity contribution in [3.8, 4) is 0 Å². The van der Waals surface area contributed by atoms with Crippen molar-refractivity contribution in [2.24, 2.45) is 0 Å². The maximum atomic E-state index is 8.96. The molecule has 0 heterocycles. The van der Waals surface area contributed by atoms with Crippen LogP contribution in [0.5, 0.6) is 0 Å². The number of hydrogen-bond donors (Lipinski definition) is 2. The molecule has 0 aromatic carbocycles. The molecule has 0 aliphatic heterocycles. The predicted molar refractivity (Wildman–Crippen MR) is 45.2 cm³/mol. The lowest BCUT2D eigenvalue weighted by molar-refractivity contribution is -0.0996. The second-order valence-electron chi connectivity index (χ2n) is 2.61. The highest BCUT2D eigenvalue weighted by Gasteiger charge is 2.19. The van der Waals surface area contributed by atoms with Gasteiger partial charge in [-0.05, 0) is 19.5 Å². The maximum Gasteiger partial charge on any atom is 0.167 e. The zero-order valence-electron chi connectivity index (χ0n) is 7.62. The van der Waals surface area contributed by atoms with Crippen LogP contribution in [0, 0.1) is 0 Å². The van der Waals surface area contributed by atoms with Gasteiger partial charge in [0.1, 0.15) is 0 Å². The molecule has 0 aromatic rings. The van der Waals surface area contributed by atoms with Gasteiger partial charge in [-0.1, -0.05) is 20.8 Å². The molecule has 1 unspecified atom stereocenters. The molecule has 0 saturated carbocycles. The Kier molecular flexibility index (Phi) is 5.46. The molecule has 0 aliphatic rings. The van der Waals surface area contributed by atoms with Crippen LogP contribution in [0.2, 0.25) is 0 Å². The first kappa shape index (κ1) is 10.9. The van der Waals surface area contributed by atoms with Crippen LogP contribution in [-0.2, 0) is 0 Å². The van der Waals surface area contributed by atoms with Crippen molar-refractivity contribution in [2.75, 3.05) is 13.1 Å². The van der Waals surface area contributed by atoms with Gasteiger partial charge in [-0.25, -0.2) is 0 Å². The zero-order valence-corrected chi connectivity index (χ0v) is 7.62. The molecule has 3 heteroatoms. The van der Waals surface area contributed by atoms with E-state index in [2.05, 4.69) is 0 Å². The van der Waals surface area contributed by atoms with Crippen molar-refractivity contribution in [2.45, 2.75) is 39.5 Å². The Morgan fingerprint density at radius 2 is 1.55 bits per heavy atom. The van der Waals surface area contributed by atoms with Gasteiger partial charge in [0.05, 0.1) is 6.04 Å². The van der Waals surface area contributed by atoms with Crippen LogP contribution in [0.25, 0.3) is 0 Å². The Morgan fingerprint density at radius 3 is 1.64 bits per heavy atom. The highest BCUT2D eigenvalue weighted by atomic mass is 16.5. The van der Waals surface area contributed by atoms with Gasteiger partial charge in [-0.3, -0.25) is 4.90 Å². The SMILES string of the molecule is CCC(C(O)O)N(CC)CC. The molecule has 0 bridgehead atoms.